The van der Waals surface area contributed by atoms with Crippen LogP contribution in [0.25, 0.3) is 11.3 Å². The maximum atomic E-state index is 14.6. The van der Waals surface area contributed by atoms with Gasteiger partial charge in [0.05, 0.1) is 54.2 Å². The summed E-state index contributed by atoms with van der Waals surface area (Å²) in [6, 6.07) is 6.84. The number of carbonyl (C=O) groups is 3. The molecule has 268 valence electrons. The number of halogens is 5. The van der Waals surface area contributed by atoms with Gasteiger partial charge in [0.1, 0.15) is 0 Å². The molecule has 0 atom stereocenters. The molecule has 0 radical (unpaired) electrons. The lowest BCUT2D eigenvalue weighted by Crippen LogP contribution is -2.59. The van der Waals surface area contributed by atoms with Crippen LogP contribution in [0.1, 0.15) is 33.8 Å². The number of nitrogens with zero attached hydrogens (tertiary/aromatic N) is 5. The molecule has 16 heteroatoms. The lowest BCUT2D eigenvalue weighted by atomic mass is 9.91. The van der Waals surface area contributed by atoms with Gasteiger partial charge in [0, 0.05) is 82.2 Å². The molecule has 0 spiro atoms. The number of anilines is 1. The quantitative estimate of drug-likeness (QED) is 0.308. The van der Waals surface area contributed by atoms with Crippen LogP contribution < -0.4 is 15.4 Å². The summed E-state index contributed by atoms with van der Waals surface area (Å²) in [6.45, 7) is 3.85. The van der Waals surface area contributed by atoms with Gasteiger partial charge in [-0.3, -0.25) is 14.4 Å². The first-order valence-electron chi connectivity index (χ1n) is 16.5. The minimum Gasteiger partial charge on any atom is -0.432 e. The number of piperidine rings is 1. The van der Waals surface area contributed by atoms with Crippen molar-refractivity contribution in [1.29, 1.82) is 0 Å². The minimum absolute atomic E-state index is 0.0278. The second kappa shape index (κ2) is 14.8. The van der Waals surface area contributed by atoms with Gasteiger partial charge in [0.15, 0.2) is 17.4 Å². The van der Waals surface area contributed by atoms with Gasteiger partial charge < -0.3 is 34.2 Å². The van der Waals surface area contributed by atoms with E-state index in [9.17, 15) is 27.6 Å². The van der Waals surface area contributed by atoms with Crippen LogP contribution in [0.4, 0.5) is 18.9 Å². The van der Waals surface area contributed by atoms with Crippen molar-refractivity contribution in [2.75, 3.05) is 71.3 Å². The number of amides is 3. The molecule has 1 aromatic heterocycles. The predicted octanol–water partition coefficient (Wildman–Crippen LogP) is 4.75. The molecule has 11 nitrogen and oxygen atoms in total. The van der Waals surface area contributed by atoms with E-state index in [2.05, 4.69) is 27.4 Å². The Hall–Kier alpha value is -3.85. The van der Waals surface area contributed by atoms with Crippen molar-refractivity contribution >= 4 is 46.6 Å². The number of aromatic nitrogens is 2. The fourth-order valence-electron chi connectivity index (χ4n) is 7.02. The lowest BCUT2D eigenvalue weighted by Gasteiger charge is -2.45. The Kier molecular flexibility index (Phi) is 10.6. The molecule has 4 heterocycles. The Bertz CT molecular complexity index is 1770. The normalized spacial score (nSPS) is 21.2. The number of nitrogens with one attached hydrogen (secondary N) is 2. The number of ether oxygens (including phenoxy) is 1. The van der Waals surface area contributed by atoms with E-state index in [4.69, 9.17) is 23.2 Å². The van der Waals surface area contributed by atoms with Crippen LogP contribution in [0.3, 0.4) is 0 Å². The van der Waals surface area contributed by atoms with Crippen molar-refractivity contribution in [1.82, 2.24) is 24.7 Å². The first-order valence-corrected chi connectivity index (χ1v) is 17.3. The Labute approximate surface area is 297 Å². The number of alkyl halides is 2. The topological polar surface area (TPSA) is 109 Å². The molecule has 3 aliphatic heterocycles. The van der Waals surface area contributed by atoms with Gasteiger partial charge in [-0.2, -0.15) is 8.78 Å². The van der Waals surface area contributed by atoms with Crippen molar-refractivity contribution in [3.05, 3.63) is 63.8 Å². The van der Waals surface area contributed by atoms with E-state index in [-0.39, 0.29) is 45.4 Å². The molecule has 3 aromatic rings. The molecule has 0 saturated carbocycles. The number of piperazine rings is 1. The van der Waals surface area contributed by atoms with Crippen LogP contribution in [-0.2, 0) is 11.8 Å². The van der Waals surface area contributed by atoms with E-state index in [0.717, 1.165) is 62.0 Å². The fraction of sp³-hybridized carbons (Fsp3) is 0.471. The van der Waals surface area contributed by atoms with Crippen molar-refractivity contribution in [3.63, 3.8) is 0 Å². The molecular formula is C34H39Cl2F3N7O4+. The molecule has 3 amide bonds. The first-order chi connectivity index (χ1) is 23.8. The number of quaternary nitrogens is 1. The second-order valence-corrected chi connectivity index (χ2v) is 14.2. The Morgan fingerprint density at radius 1 is 1.06 bits per heavy atom. The maximum Gasteiger partial charge on any atom is 0.387 e. The number of benzene rings is 2. The summed E-state index contributed by atoms with van der Waals surface area (Å²) in [7, 11) is 3.81. The van der Waals surface area contributed by atoms with Gasteiger partial charge in [-0.25, -0.2) is 9.37 Å². The molecule has 2 aromatic carbocycles. The second-order valence-electron chi connectivity index (χ2n) is 13.5. The first kappa shape index (κ1) is 36.0. The van der Waals surface area contributed by atoms with E-state index >= 15 is 0 Å². The molecule has 3 aliphatic rings. The molecule has 3 fully saturated rings. The Morgan fingerprint density at radius 2 is 1.74 bits per heavy atom. The minimum atomic E-state index is -3.23. The zero-order valence-electron chi connectivity index (χ0n) is 27.7. The third-order valence-electron chi connectivity index (χ3n) is 10.0. The highest BCUT2D eigenvalue weighted by molar-refractivity contribution is 6.34. The summed E-state index contributed by atoms with van der Waals surface area (Å²) < 4.78 is 46.3. The molecule has 2 N–H and O–H groups in total. The summed E-state index contributed by atoms with van der Waals surface area (Å²) in [6.07, 6.45) is 3.07. The standard InChI is InChI=1S/C34H38Cl2F3N7O4/c1-43-26(24-5-6-27(50-34(38)39)29(37)28(24)36)18-41-30(43)31(47)42-22-3-4-23(25(35)15-22)33(49)45-11-9-44(10-12-45)32(48)21-7-13-46(2,14-8-21)19-20-16-40-17-20/h3-6,15,18,20-21,34,40H,7-14,16-17,19H2,1-2H3/p+1. The lowest BCUT2D eigenvalue weighted by molar-refractivity contribution is -0.918. The van der Waals surface area contributed by atoms with E-state index in [1.165, 1.54) is 36.0 Å². The van der Waals surface area contributed by atoms with Crippen molar-refractivity contribution in [3.8, 4) is 17.0 Å². The molecule has 6 rings (SSSR count). The van der Waals surface area contributed by atoms with E-state index in [1.54, 1.807) is 11.0 Å². The van der Waals surface area contributed by atoms with Gasteiger partial charge in [-0.05, 0) is 30.3 Å². The fourth-order valence-corrected chi connectivity index (χ4v) is 7.53. The van der Waals surface area contributed by atoms with Gasteiger partial charge in [-0.15, -0.1) is 0 Å². The average molecular weight is 738 g/mol. The molecular weight excluding hydrogens is 698 g/mol. The van der Waals surface area contributed by atoms with Gasteiger partial charge >= 0.3 is 6.61 Å². The molecule has 0 unspecified atom stereocenters. The van der Waals surface area contributed by atoms with E-state index in [1.807, 2.05) is 4.90 Å². The number of hydrogen-bond donors (Lipinski definition) is 2. The van der Waals surface area contributed by atoms with Crippen molar-refractivity contribution < 1.29 is 36.8 Å². The largest absolute Gasteiger partial charge is 0.432 e. The van der Waals surface area contributed by atoms with Crippen LogP contribution in [-0.4, -0.2) is 114 Å². The van der Waals surface area contributed by atoms with Crippen LogP contribution in [0.2, 0.25) is 10.0 Å². The summed E-state index contributed by atoms with van der Waals surface area (Å²) in [5.74, 6) is -1.88. The summed E-state index contributed by atoms with van der Waals surface area (Å²) in [4.78, 5) is 47.5. The smallest absolute Gasteiger partial charge is 0.387 e. The van der Waals surface area contributed by atoms with E-state index < -0.39 is 29.1 Å². The number of imidazole rings is 1. The van der Waals surface area contributed by atoms with Gasteiger partial charge in [0.25, 0.3) is 11.8 Å². The summed E-state index contributed by atoms with van der Waals surface area (Å²) in [5, 5.41) is 5.70. The van der Waals surface area contributed by atoms with Crippen LogP contribution >= 0.6 is 23.2 Å². The highest BCUT2D eigenvalue weighted by Gasteiger charge is 2.38. The van der Waals surface area contributed by atoms with Gasteiger partial charge in [-0.1, -0.05) is 23.2 Å². The zero-order valence-corrected chi connectivity index (χ0v) is 29.2. The number of carbonyl (C=O) groups excluding carboxylic acids is 3. The predicted molar refractivity (Wildman–Crippen MR) is 182 cm³/mol. The highest BCUT2D eigenvalue weighted by atomic mass is 35.5. The average Bonchev–Trinajstić information content (AvgIpc) is 3.45. The highest BCUT2D eigenvalue weighted by Crippen LogP contribution is 2.36. The molecule has 0 bridgehead atoms. The van der Waals surface area contributed by atoms with E-state index in [0.29, 0.717) is 31.9 Å². The van der Waals surface area contributed by atoms with Crippen LogP contribution in [0.15, 0.2) is 36.5 Å². The SMILES string of the molecule is Cn1c(-c2ccc(OC(F)F)c(F)c2Cl)cnc1C(=O)Nc1ccc(C(=O)N2CCN(C(=O)C3CC[N+](C)(CC4CNC4)CC3)CC2)c(Cl)c1. The summed E-state index contributed by atoms with van der Waals surface area (Å²) >= 11 is 12.6. The molecule has 3 saturated heterocycles. The zero-order chi connectivity index (χ0) is 35.7. The monoisotopic (exact) mass is 736 g/mol. The molecule has 50 heavy (non-hydrogen) atoms. The molecule has 0 aliphatic carbocycles. The number of rotatable bonds is 9. The van der Waals surface area contributed by atoms with Crippen molar-refractivity contribution in [2.24, 2.45) is 18.9 Å². The maximum absolute atomic E-state index is 14.6. The number of hydrogen-bond acceptors (Lipinski definition) is 6. The van der Waals surface area contributed by atoms with Crippen LogP contribution in [0, 0.1) is 17.7 Å². The summed E-state index contributed by atoms with van der Waals surface area (Å²) in [5.41, 5.74) is 0.942. The Morgan fingerprint density at radius 3 is 2.36 bits per heavy atom. The van der Waals surface area contributed by atoms with Crippen LogP contribution in [0.5, 0.6) is 5.75 Å². The van der Waals surface area contributed by atoms with Crippen molar-refractivity contribution in [2.45, 2.75) is 19.5 Å². The third kappa shape index (κ3) is 7.58. The number of likely N-dealkylation sites (tertiary alicyclic amines) is 1. The van der Waals surface area contributed by atoms with Gasteiger partial charge in [0.2, 0.25) is 5.91 Å². The Balaban J connectivity index is 1.03. The third-order valence-corrected chi connectivity index (χ3v) is 10.7.